The minimum atomic E-state index is -0.521. The number of nitro groups is 1. The van der Waals surface area contributed by atoms with Crippen LogP contribution in [0.25, 0.3) is 6.08 Å². The van der Waals surface area contributed by atoms with E-state index < -0.39 is 16.1 Å². The first-order chi connectivity index (χ1) is 18.2. The van der Waals surface area contributed by atoms with Crippen LogP contribution in [0.4, 0.5) is 10.5 Å². The molecule has 4 rings (SSSR count). The second-order valence-corrected chi connectivity index (χ2v) is 11.0. The van der Waals surface area contributed by atoms with Crippen molar-refractivity contribution in [1.29, 1.82) is 0 Å². The topological polar surface area (TPSA) is 99.0 Å². The van der Waals surface area contributed by atoms with Crippen LogP contribution >= 0.6 is 57.6 Å². The summed E-state index contributed by atoms with van der Waals surface area (Å²) in [6, 6.07) is 14.7. The highest BCUT2D eigenvalue weighted by Gasteiger charge is 2.35. The van der Waals surface area contributed by atoms with Gasteiger partial charge in [-0.2, -0.15) is 0 Å². The van der Waals surface area contributed by atoms with Crippen molar-refractivity contribution in [2.24, 2.45) is 0 Å². The van der Waals surface area contributed by atoms with Crippen LogP contribution in [0, 0.1) is 13.7 Å². The van der Waals surface area contributed by atoms with Crippen LogP contribution in [-0.2, 0) is 17.9 Å². The SMILES string of the molecule is CCOc1cc(C=C2SC(=O)N(Cc3cccc([N+](=O)[O-])c3)C2=O)cc(I)c1OCc1ccc(Cl)c(Cl)c1. The van der Waals surface area contributed by atoms with Gasteiger partial charge in [0.05, 0.1) is 36.6 Å². The molecule has 0 aliphatic carbocycles. The van der Waals surface area contributed by atoms with E-state index in [1.807, 2.05) is 19.1 Å². The maximum atomic E-state index is 13.0. The number of imide groups is 1. The van der Waals surface area contributed by atoms with E-state index in [4.69, 9.17) is 32.7 Å². The fourth-order valence-corrected chi connectivity index (χ4v) is 5.54. The van der Waals surface area contributed by atoms with Gasteiger partial charge in [0.1, 0.15) is 6.61 Å². The molecule has 1 heterocycles. The molecular formula is C26H19Cl2IN2O6S. The Balaban J connectivity index is 1.55. The van der Waals surface area contributed by atoms with Crippen LogP contribution in [-0.4, -0.2) is 27.6 Å². The summed E-state index contributed by atoms with van der Waals surface area (Å²) >= 11 is 15.0. The molecule has 0 N–H and O–H groups in total. The maximum Gasteiger partial charge on any atom is 0.293 e. The molecule has 3 aromatic carbocycles. The van der Waals surface area contributed by atoms with Crippen LogP contribution in [0.15, 0.2) is 59.5 Å². The van der Waals surface area contributed by atoms with E-state index in [2.05, 4.69) is 22.6 Å². The zero-order valence-corrected chi connectivity index (χ0v) is 24.3. The van der Waals surface area contributed by atoms with Crippen molar-refractivity contribution in [3.63, 3.8) is 0 Å². The monoisotopic (exact) mass is 684 g/mol. The number of hydrogen-bond acceptors (Lipinski definition) is 7. The molecule has 0 bridgehead atoms. The number of carbonyl (C=O) groups excluding carboxylic acids is 2. The zero-order chi connectivity index (χ0) is 27.4. The molecule has 0 spiro atoms. The van der Waals surface area contributed by atoms with E-state index in [9.17, 15) is 19.7 Å². The van der Waals surface area contributed by atoms with E-state index in [-0.39, 0.29) is 23.7 Å². The van der Waals surface area contributed by atoms with Gasteiger partial charge in [-0.05, 0) is 88.3 Å². The zero-order valence-electron chi connectivity index (χ0n) is 19.8. The number of halogens is 3. The van der Waals surface area contributed by atoms with Crippen molar-refractivity contribution < 1.29 is 24.0 Å². The summed E-state index contributed by atoms with van der Waals surface area (Å²) in [7, 11) is 0. The minimum Gasteiger partial charge on any atom is -0.490 e. The second-order valence-electron chi connectivity index (χ2n) is 8.00. The smallest absolute Gasteiger partial charge is 0.293 e. The lowest BCUT2D eigenvalue weighted by Crippen LogP contribution is -2.27. The molecule has 0 radical (unpaired) electrons. The average molecular weight is 685 g/mol. The Morgan fingerprint density at radius 3 is 2.55 bits per heavy atom. The Kier molecular flexibility index (Phi) is 9.19. The summed E-state index contributed by atoms with van der Waals surface area (Å²) in [5, 5.41) is 11.5. The first-order valence-electron chi connectivity index (χ1n) is 11.2. The highest BCUT2D eigenvalue weighted by molar-refractivity contribution is 14.1. The number of rotatable bonds is 9. The molecule has 1 saturated heterocycles. The standard InChI is InChI=1S/C26H19Cl2IN2O6S/c1-2-36-22-11-17(10-21(29)24(22)37-14-16-6-7-19(27)20(28)9-16)12-23-25(32)30(26(33)38-23)13-15-4-3-5-18(8-15)31(34)35/h3-12H,2,13-14H2,1H3. The van der Waals surface area contributed by atoms with Gasteiger partial charge in [0.25, 0.3) is 16.8 Å². The molecule has 1 fully saturated rings. The summed E-state index contributed by atoms with van der Waals surface area (Å²) in [5.41, 5.74) is 1.86. The summed E-state index contributed by atoms with van der Waals surface area (Å²) in [5.74, 6) is 0.551. The Bertz CT molecular complexity index is 1470. The minimum absolute atomic E-state index is 0.0626. The third-order valence-corrected chi connectivity index (χ3v) is 7.78. The molecule has 0 aromatic heterocycles. The number of carbonyl (C=O) groups is 2. The van der Waals surface area contributed by atoms with Crippen molar-refractivity contribution >= 4 is 80.5 Å². The van der Waals surface area contributed by atoms with Crippen LogP contribution in [0.2, 0.25) is 10.0 Å². The number of nitrogens with zero attached hydrogens (tertiary/aromatic N) is 2. The third kappa shape index (κ3) is 6.60. The molecule has 1 aliphatic rings. The van der Waals surface area contributed by atoms with Gasteiger partial charge in [-0.3, -0.25) is 24.6 Å². The Labute approximate surface area is 246 Å². The molecule has 3 aromatic rings. The van der Waals surface area contributed by atoms with E-state index in [0.29, 0.717) is 39.3 Å². The van der Waals surface area contributed by atoms with Crippen LogP contribution in [0.5, 0.6) is 11.5 Å². The predicted molar refractivity (Wildman–Crippen MR) is 156 cm³/mol. The van der Waals surface area contributed by atoms with Crippen molar-refractivity contribution in [3.05, 3.63) is 99.9 Å². The molecular weight excluding hydrogens is 666 g/mol. The van der Waals surface area contributed by atoms with Gasteiger partial charge in [-0.25, -0.2) is 0 Å². The molecule has 38 heavy (non-hydrogen) atoms. The molecule has 0 atom stereocenters. The summed E-state index contributed by atoms with van der Waals surface area (Å²) < 4.78 is 12.6. The van der Waals surface area contributed by atoms with Crippen molar-refractivity contribution in [2.45, 2.75) is 20.1 Å². The molecule has 12 heteroatoms. The van der Waals surface area contributed by atoms with Gasteiger partial charge in [0.15, 0.2) is 11.5 Å². The lowest BCUT2D eigenvalue weighted by molar-refractivity contribution is -0.384. The highest BCUT2D eigenvalue weighted by Crippen LogP contribution is 2.38. The lowest BCUT2D eigenvalue weighted by Gasteiger charge is -2.15. The molecule has 1 aliphatic heterocycles. The number of non-ortho nitro benzene ring substituents is 1. The largest absolute Gasteiger partial charge is 0.490 e. The highest BCUT2D eigenvalue weighted by atomic mass is 127. The number of thioether (sulfide) groups is 1. The van der Waals surface area contributed by atoms with Crippen molar-refractivity contribution in [1.82, 2.24) is 4.90 Å². The van der Waals surface area contributed by atoms with E-state index >= 15 is 0 Å². The van der Waals surface area contributed by atoms with Gasteiger partial charge >= 0.3 is 0 Å². The fourth-order valence-electron chi connectivity index (χ4n) is 3.60. The second kappa shape index (κ2) is 12.4. The van der Waals surface area contributed by atoms with Gasteiger partial charge in [0.2, 0.25) is 0 Å². The molecule has 0 saturated carbocycles. The number of amides is 2. The van der Waals surface area contributed by atoms with Crippen molar-refractivity contribution in [3.8, 4) is 11.5 Å². The fraction of sp³-hybridized carbons (Fsp3) is 0.154. The Morgan fingerprint density at radius 2 is 1.84 bits per heavy atom. The average Bonchev–Trinajstić information content (AvgIpc) is 3.13. The lowest BCUT2D eigenvalue weighted by atomic mass is 10.1. The number of hydrogen-bond donors (Lipinski definition) is 0. The van der Waals surface area contributed by atoms with Crippen LogP contribution in [0.3, 0.4) is 0 Å². The quantitative estimate of drug-likeness (QED) is 0.0985. The van der Waals surface area contributed by atoms with E-state index in [0.717, 1.165) is 25.8 Å². The predicted octanol–water partition coefficient (Wildman–Crippen LogP) is 7.72. The molecule has 8 nitrogen and oxygen atoms in total. The summed E-state index contributed by atoms with van der Waals surface area (Å²) in [6.45, 7) is 2.42. The molecule has 2 amide bonds. The number of ether oxygens (including phenoxy) is 2. The van der Waals surface area contributed by atoms with Crippen LogP contribution in [0.1, 0.15) is 23.6 Å². The maximum absolute atomic E-state index is 13.0. The first kappa shape index (κ1) is 28.2. The normalized spacial score (nSPS) is 14.3. The number of benzene rings is 3. The molecule has 0 unspecified atom stereocenters. The number of nitro benzene ring substituents is 1. The van der Waals surface area contributed by atoms with Gasteiger partial charge in [-0.1, -0.05) is 41.4 Å². The Morgan fingerprint density at radius 1 is 1.05 bits per heavy atom. The van der Waals surface area contributed by atoms with Gasteiger partial charge < -0.3 is 9.47 Å². The summed E-state index contributed by atoms with van der Waals surface area (Å²) in [6.07, 6.45) is 1.62. The third-order valence-electron chi connectivity index (χ3n) is 5.33. The summed E-state index contributed by atoms with van der Waals surface area (Å²) in [4.78, 5) is 37.5. The Hall–Kier alpha value is -2.80. The van der Waals surface area contributed by atoms with E-state index in [1.54, 1.807) is 30.3 Å². The van der Waals surface area contributed by atoms with E-state index in [1.165, 1.54) is 18.2 Å². The van der Waals surface area contributed by atoms with Crippen molar-refractivity contribution in [2.75, 3.05) is 6.61 Å². The van der Waals surface area contributed by atoms with Gasteiger partial charge in [0, 0.05) is 12.1 Å². The van der Waals surface area contributed by atoms with Gasteiger partial charge in [-0.15, -0.1) is 0 Å². The van der Waals surface area contributed by atoms with Crippen LogP contribution < -0.4 is 9.47 Å². The molecule has 196 valence electrons. The first-order valence-corrected chi connectivity index (χ1v) is 13.8.